The van der Waals surface area contributed by atoms with E-state index in [4.69, 9.17) is 17.6 Å². The van der Waals surface area contributed by atoms with E-state index in [0.29, 0.717) is 23.1 Å². The Kier molecular flexibility index (Phi) is 8.53. The molecule has 0 unspecified atom stereocenters. The number of hydrogen-bond donors (Lipinski definition) is 0. The largest absolute Gasteiger partial charge is 0.557 e. The Hall–Kier alpha value is -4.31. The molecular formula is C44H45IrN3O-2. The van der Waals surface area contributed by atoms with Gasteiger partial charge in [0.2, 0.25) is 0 Å². The van der Waals surface area contributed by atoms with Crippen molar-refractivity contribution in [3.63, 3.8) is 0 Å². The molecule has 7 rings (SSSR count). The fraction of sp³-hybridized carbons (Fsp3) is 0.273. The molecular weight excluding hydrogens is 779 g/mol. The van der Waals surface area contributed by atoms with Gasteiger partial charge in [0.05, 0.1) is 16.9 Å². The minimum absolute atomic E-state index is 0. The summed E-state index contributed by atoms with van der Waals surface area (Å²) in [5.74, 6) is 1.63. The molecule has 0 aliphatic carbocycles. The maximum Gasteiger partial charge on any atom is 0.0774 e. The van der Waals surface area contributed by atoms with Crippen molar-refractivity contribution in [2.45, 2.75) is 79.4 Å². The Balaban J connectivity index is 0.000000237. The molecule has 0 amide bonds. The first-order valence-electron chi connectivity index (χ1n) is 19.4. The van der Waals surface area contributed by atoms with Crippen LogP contribution in [0.25, 0.3) is 50.3 Å². The van der Waals surface area contributed by atoms with Gasteiger partial charge < -0.3 is 14.0 Å². The third kappa shape index (κ3) is 7.49. The predicted molar refractivity (Wildman–Crippen MR) is 200 cm³/mol. The van der Waals surface area contributed by atoms with Crippen LogP contribution in [0.15, 0.2) is 102 Å². The van der Waals surface area contributed by atoms with E-state index in [1.807, 2.05) is 0 Å². The zero-order valence-electron chi connectivity index (χ0n) is 35.0. The molecule has 0 aliphatic heterocycles. The number of aryl methyl sites for hydroxylation is 2. The molecule has 3 aromatic heterocycles. The second-order valence-corrected chi connectivity index (χ2v) is 13.8. The predicted octanol–water partition coefficient (Wildman–Crippen LogP) is 11.9. The summed E-state index contributed by atoms with van der Waals surface area (Å²) < 4.78 is 51.9. The quantitative estimate of drug-likeness (QED) is 0.162. The number of hydrogen-bond acceptors (Lipinski definition) is 3. The number of rotatable bonds is 5. The molecule has 0 spiro atoms. The summed E-state index contributed by atoms with van der Waals surface area (Å²) in [5.41, 5.74) is 10.5. The first-order valence-corrected chi connectivity index (χ1v) is 16.4. The number of furan rings is 1. The SMILES string of the molecule is CC(C)c1cccc(C(C)C)c1-n1c(-c2[c-]oc3ccc(C(C)(C)C)cc23)nc2ccccc21.[2H]C([2H])([2H])c1c[c-]c(-c2ccc(C([2H])([2H])[2H])cn2)cc1.[Ir]. The van der Waals surface area contributed by atoms with E-state index in [9.17, 15) is 0 Å². The van der Waals surface area contributed by atoms with Gasteiger partial charge in [0.15, 0.2) is 0 Å². The summed E-state index contributed by atoms with van der Waals surface area (Å²) in [4.78, 5) is 9.22. The minimum atomic E-state index is -2.18. The second kappa shape index (κ2) is 14.7. The van der Waals surface area contributed by atoms with Crippen LogP contribution in [0.3, 0.4) is 0 Å². The second-order valence-electron chi connectivity index (χ2n) is 13.8. The van der Waals surface area contributed by atoms with E-state index in [-0.39, 0.29) is 36.6 Å². The fourth-order valence-corrected chi connectivity index (χ4v) is 5.94. The number of para-hydroxylation sites is 3. The van der Waals surface area contributed by atoms with Crippen LogP contribution in [0.2, 0.25) is 0 Å². The number of fused-ring (bicyclic) bond motifs is 2. The molecule has 4 aromatic carbocycles. The van der Waals surface area contributed by atoms with Gasteiger partial charge in [-0.05, 0) is 58.6 Å². The summed E-state index contributed by atoms with van der Waals surface area (Å²) in [6, 6.07) is 32.0. The maximum atomic E-state index is 7.28. The summed E-state index contributed by atoms with van der Waals surface area (Å²) in [7, 11) is 0. The molecule has 0 atom stereocenters. The molecule has 7 aromatic rings. The molecule has 0 fully saturated rings. The smallest absolute Gasteiger partial charge is 0.0774 e. The number of nitrogens with zero attached hydrogens (tertiary/aromatic N) is 3. The van der Waals surface area contributed by atoms with Crippen molar-refractivity contribution in [3.05, 3.63) is 137 Å². The Morgan fingerprint density at radius 1 is 0.816 bits per heavy atom. The topological polar surface area (TPSA) is 43.9 Å². The molecule has 49 heavy (non-hydrogen) atoms. The molecule has 5 heteroatoms. The van der Waals surface area contributed by atoms with Crippen LogP contribution in [-0.2, 0) is 25.5 Å². The van der Waals surface area contributed by atoms with Gasteiger partial charge in [-0.25, -0.2) is 0 Å². The van der Waals surface area contributed by atoms with Gasteiger partial charge >= 0.3 is 0 Å². The van der Waals surface area contributed by atoms with Gasteiger partial charge in [0, 0.05) is 52.1 Å². The van der Waals surface area contributed by atoms with Crippen molar-refractivity contribution in [3.8, 4) is 28.3 Å². The Morgan fingerprint density at radius 3 is 2.14 bits per heavy atom. The summed E-state index contributed by atoms with van der Waals surface area (Å²) in [6.07, 6.45) is 4.52. The Labute approximate surface area is 313 Å². The minimum Gasteiger partial charge on any atom is -0.557 e. The molecule has 4 nitrogen and oxygen atoms in total. The number of benzene rings is 4. The van der Waals surface area contributed by atoms with E-state index in [1.54, 1.807) is 12.1 Å². The third-order valence-electron chi connectivity index (χ3n) is 8.58. The first-order chi connectivity index (χ1) is 25.3. The standard InChI is InChI=1S/C31H33N2O.C13H12N.Ir/c1-19(2)22-11-10-12-23(20(3)4)29(22)33-27-14-9-8-13-26(27)32-30(33)25-18-34-28-16-15-21(17-24(25)28)31(5,6)7;1-10-3-6-12(7-4-10)13-8-5-11(2)9-14-13;/h8-17,19-20H,1-7H3;3-6,8-9H,1-2H3;/q2*-1;/i;1D3,2D3;. The van der Waals surface area contributed by atoms with E-state index in [0.717, 1.165) is 33.4 Å². The van der Waals surface area contributed by atoms with Crippen molar-refractivity contribution >= 4 is 22.0 Å². The van der Waals surface area contributed by atoms with E-state index < -0.39 is 13.7 Å². The zero-order chi connectivity index (χ0) is 39.2. The van der Waals surface area contributed by atoms with Gasteiger partial charge in [-0.3, -0.25) is 4.98 Å². The van der Waals surface area contributed by atoms with Gasteiger partial charge in [-0.1, -0.05) is 132 Å². The van der Waals surface area contributed by atoms with Crippen LogP contribution in [0.4, 0.5) is 0 Å². The number of aromatic nitrogens is 3. The molecule has 253 valence electrons. The van der Waals surface area contributed by atoms with Crippen molar-refractivity contribution in [1.82, 2.24) is 14.5 Å². The molecule has 0 saturated heterocycles. The Bertz CT molecular complexity index is 2320. The van der Waals surface area contributed by atoms with E-state index >= 15 is 0 Å². The fourth-order valence-electron chi connectivity index (χ4n) is 5.94. The van der Waals surface area contributed by atoms with Crippen molar-refractivity contribution in [2.24, 2.45) is 0 Å². The number of pyridine rings is 1. The van der Waals surface area contributed by atoms with Crippen molar-refractivity contribution < 1.29 is 32.7 Å². The van der Waals surface area contributed by atoms with Crippen molar-refractivity contribution in [2.75, 3.05) is 0 Å². The van der Waals surface area contributed by atoms with Gasteiger partial charge in [-0.15, -0.1) is 35.4 Å². The summed E-state index contributed by atoms with van der Waals surface area (Å²) in [5, 5.41) is 1.05. The molecule has 0 saturated carbocycles. The van der Waals surface area contributed by atoms with Crippen LogP contribution in [0.1, 0.15) is 96.3 Å². The van der Waals surface area contributed by atoms with Crippen LogP contribution in [-0.4, -0.2) is 14.5 Å². The van der Waals surface area contributed by atoms with Crippen LogP contribution >= 0.6 is 0 Å². The molecule has 0 bridgehead atoms. The zero-order valence-corrected chi connectivity index (χ0v) is 31.4. The van der Waals surface area contributed by atoms with Gasteiger partial charge in [0.1, 0.15) is 0 Å². The summed E-state index contributed by atoms with van der Waals surface area (Å²) >= 11 is 0. The van der Waals surface area contributed by atoms with Gasteiger partial charge in [-0.2, -0.15) is 0 Å². The molecule has 0 aliphatic rings. The average Bonchev–Trinajstić information content (AvgIpc) is 3.71. The Morgan fingerprint density at radius 2 is 1.53 bits per heavy atom. The van der Waals surface area contributed by atoms with E-state index in [2.05, 4.69) is 131 Å². The van der Waals surface area contributed by atoms with Crippen molar-refractivity contribution in [1.29, 1.82) is 0 Å². The third-order valence-corrected chi connectivity index (χ3v) is 8.58. The van der Waals surface area contributed by atoms with Crippen LogP contribution in [0.5, 0.6) is 0 Å². The van der Waals surface area contributed by atoms with Crippen LogP contribution < -0.4 is 0 Å². The number of imidazole rings is 1. The maximum absolute atomic E-state index is 7.28. The van der Waals surface area contributed by atoms with Gasteiger partial charge in [0.25, 0.3) is 0 Å². The summed E-state index contributed by atoms with van der Waals surface area (Å²) in [6.45, 7) is 11.4. The van der Waals surface area contributed by atoms with Crippen LogP contribution in [0, 0.1) is 26.0 Å². The monoisotopic (exact) mass is 830 g/mol. The van der Waals surface area contributed by atoms with E-state index in [1.165, 1.54) is 46.8 Å². The normalized spacial score (nSPS) is 13.9. The molecule has 3 heterocycles. The first kappa shape index (κ1) is 28.5. The average molecular weight is 830 g/mol. The molecule has 1 radical (unpaired) electrons. The molecule has 0 N–H and O–H groups in total.